The molecule has 1 saturated carbocycles. The minimum atomic E-state index is 0.343. The number of rotatable bonds is 5. The van der Waals surface area contributed by atoms with Gasteiger partial charge in [-0.15, -0.1) is 0 Å². The Morgan fingerprint density at radius 1 is 1.37 bits per heavy atom. The van der Waals surface area contributed by atoms with Crippen molar-refractivity contribution in [3.63, 3.8) is 0 Å². The lowest BCUT2D eigenvalue weighted by atomic mass is 9.89. The lowest BCUT2D eigenvalue weighted by Crippen LogP contribution is -2.30. The molecule has 1 aliphatic heterocycles. The highest BCUT2D eigenvalue weighted by molar-refractivity contribution is 5.35. The van der Waals surface area contributed by atoms with E-state index in [2.05, 4.69) is 29.6 Å². The first-order valence-corrected chi connectivity index (χ1v) is 7.61. The van der Waals surface area contributed by atoms with Gasteiger partial charge in [0.25, 0.3) is 0 Å². The smallest absolute Gasteiger partial charge is 0.0559 e. The maximum absolute atomic E-state index is 5.40. The van der Waals surface area contributed by atoms with E-state index in [9.17, 15) is 0 Å². The van der Waals surface area contributed by atoms with Crippen molar-refractivity contribution in [2.45, 2.75) is 37.5 Å². The number of hydrogen-bond donors (Lipinski definition) is 1. The quantitative estimate of drug-likeness (QED) is 0.878. The highest BCUT2D eigenvalue weighted by Crippen LogP contribution is 2.48. The Hall–Kier alpha value is -0.860. The third kappa shape index (κ3) is 3.01. The molecule has 2 heteroatoms. The molecule has 1 N–H and O–H groups in total. The van der Waals surface area contributed by atoms with Gasteiger partial charge in [0.05, 0.1) is 6.61 Å². The van der Waals surface area contributed by atoms with Crippen molar-refractivity contribution in [2.24, 2.45) is 5.92 Å². The summed E-state index contributed by atoms with van der Waals surface area (Å²) in [6.45, 7) is 3.27. The zero-order chi connectivity index (χ0) is 13.1. The molecule has 1 saturated heterocycles. The first kappa shape index (κ1) is 13.1. The molecule has 1 unspecified atom stereocenters. The summed E-state index contributed by atoms with van der Waals surface area (Å²) in [7, 11) is 1.82. The summed E-state index contributed by atoms with van der Waals surface area (Å²) in [5, 5.41) is 3.51. The molecule has 3 rings (SSSR count). The van der Waals surface area contributed by atoms with Crippen molar-refractivity contribution in [3.05, 3.63) is 35.4 Å². The second-order valence-corrected chi connectivity index (χ2v) is 6.33. The SMILES string of the molecule is COCC1(c2cccc(CC3CCCNC3)c2)CC1. The topological polar surface area (TPSA) is 21.3 Å². The molecule has 1 aromatic carbocycles. The van der Waals surface area contributed by atoms with Crippen molar-refractivity contribution >= 4 is 0 Å². The van der Waals surface area contributed by atoms with Crippen LogP contribution in [0.5, 0.6) is 0 Å². The van der Waals surface area contributed by atoms with Crippen molar-refractivity contribution in [1.82, 2.24) is 5.32 Å². The minimum Gasteiger partial charge on any atom is -0.384 e. The molecule has 19 heavy (non-hydrogen) atoms. The van der Waals surface area contributed by atoms with Crippen molar-refractivity contribution in [1.29, 1.82) is 0 Å². The fraction of sp³-hybridized carbons (Fsp3) is 0.647. The zero-order valence-electron chi connectivity index (χ0n) is 12.0. The summed E-state index contributed by atoms with van der Waals surface area (Å²) in [6, 6.07) is 9.24. The Kier molecular flexibility index (Phi) is 3.90. The van der Waals surface area contributed by atoms with Gasteiger partial charge in [0.1, 0.15) is 0 Å². The number of ether oxygens (including phenoxy) is 1. The van der Waals surface area contributed by atoms with Crippen LogP contribution in [0.25, 0.3) is 0 Å². The van der Waals surface area contributed by atoms with Gasteiger partial charge in [-0.1, -0.05) is 24.3 Å². The van der Waals surface area contributed by atoms with Gasteiger partial charge in [0.2, 0.25) is 0 Å². The maximum Gasteiger partial charge on any atom is 0.0559 e. The summed E-state index contributed by atoms with van der Waals surface area (Å²) in [5.74, 6) is 0.821. The standard InChI is InChI=1S/C17H25NO/c1-19-13-17(7-8-17)16-6-2-4-14(11-16)10-15-5-3-9-18-12-15/h2,4,6,11,15,18H,3,5,7-10,12-13H2,1H3. The highest BCUT2D eigenvalue weighted by Gasteiger charge is 2.44. The Morgan fingerprint density at radius 2 is 2.26 bits per heavy atom. The summed E-state index contributed by atoms with van der Waals surface area (Å²) < 4.78 is 5.40. The average Bonchev–Trinajstić information content (AvgIpc) is 3.22. The van der Waals surface area contributed by atoms with Gasteiger partial charge in [-0.25, -0.2) is 0 Å². The zero-order valence-corrected chi connectivity index (χ0v) is 12.0. The molecule has 0 radical (unpaired) electrons. The normalized spacial score (nSPS) is 25.2. The van der Waals surface area contributed by atoms with Crippen LogP contribution in [0.1, 0.15) is 36.8 Å². The van der Waals surface area contributed by atoms with Crippen molar-refractivity contribution in [2.75, 3.05) is 26.8 Å². The predicted molar refractivity (Wildman–Crippen MR) is 78.5 cm³/mol. The third-order valence-corrected chi connectivity index (χ3v) is 4.74. The third-order valence-electron chi connectivity index (χ3n) is 4.74. The summed E-state index contributed by atoms with van der Waals surface area (Å²) in [5.41, 5.74) is 3.35. The fourth-order valence-corrected chi connectivity index (χ4v) is 3.40. The van der Waals surface area contributed by atoms with Crippen LogP contribution in [0.2, 0.25) is 0 Å². The van der Waals surface area contributed by atoms with Crippen LogP contribution in [0.15, 0.2) is 24.3 Å². The van der Waals surface area contributed by atoms with Gasteiger partial charge < -0.3 is 10.1 Å². The highest BCUT2D eigenvalue weighted by atomic mass is 16.5. The molecule has 0 amide bonds. The Morgan fingerprint density at radius 3 is 2.95 bits per heavy atom. The molecule has 1 atom stereocenters. The maximum atomic E-state index is 5.40. The van der Waals surface area contributed by atoms with E-state index >= 15 is 0 Å². The monoisotopic (exact) mass is 259 g/mol. The van der Waals surface area contributed by atoms with E-state index in [1.54, 1.807) is 0 Å². The molecule has 1 heterocycles. The Balaban J connectivity index is 1.69. The van der Waals surface area contributed by atoms with Crippen molar-refractivity contribution in [3.8, 4) is 0 Å². The lowest BCUT2D eigenvalue weighted by molar-refractivity contribution is 0.171. The largest absolute Gasteiger partial charge is 0.384 e. The molecule has 2 aliphatic rings. The van der Waals surface area contributed by atoms with Crippen LogP contribution in [0.4, 0.5) is 0 Å². The van der Waals surface area contributed by atoms with Gasteiger partial charge in [-0.2, -0.15) is 0 Å². The molecular weight excluding hydrogens is 234 g/mol. The number of methoxy groups -OCH3 is 1. The number of piperidine rings is 1. The number of benzene rings is 1. The van der Waals surface area contributed by atoms with Crippen LogP contribution >= 0.6 is 0 Å². The van der Waals surface area contributed by atoms with Crippen LogP contribution in [0.3, 0.4) is 0 Å². The van der Waals surface area contributed by atoms with Crippen molar-refractivity contribution < 1.29 is 4.74 Å². The molecule has 2 fully saturated rings. The first-order valence-electron chi connectivity index (χ1n) is 7.61. The molecule has 1 aliphatic carbocycles. The molecule has 104 valence electrons. The fourth-order valence-electron chi connectivity index (χ4n) is 3.40. The van der Waals surface area contributed by atoms with Crippen LogP contribution in [0, 0.1) is 5.92 Å². The second-order valence-electron chi connectivity index (χ2n) is 6.33. The lowest BCUT2D eigenvalue weighted by Gasteiger charge is -2.23. The van der Waals surface area contributed by atoms with E-state index in [1.807, 2.05) is 7.11 Å². The van der Waals surface area contributed by atoms with Gasteiger partial charge in [-0.3, -0.25) is 0 Å². The van der Waals surface area contributed by atoms with Gasteiger partial charge in [0, 0.05) is 12.5 Å². The van der Waals surface area contributed by atoms with E-state index in [0.717, 1.165) is 12.5 Å². The average molecular weight is 259 g/mol. The van der Waals surface area contributed by atoms with E-state index in [1.165, 1.54) is 56.3 Å². The second kappa shape index (κ2) is 5.64. The Bertz CT molecular complexity index is 419. The number of nitrogens with one attached hydrogen (secondary N) is 1. The van der Waals surface area contributed by atoms with E-state index in [4.69, 9.17) is 4.74 Å². The van der Waals surface area contributed by atoms with Crippen LogP contribution in [-0.4, -0.2) is 26.8 Å². The Labute approximate surface area is 116 Å². The van der Waals surface area contributed by atoms with E-state index in [0.29, 0.717) is 5.41 Å². The van der Waals surface area contributed by atoms with Gasteiger partial charge in [0.15, 0.2) is 0 Å². The van der Waals surface area contributed by atoms with Crippen LogP contribution in [-0.2, 0) is 16.6 Å². The van der Waals surface area contributed by atoms with Crippen LogP contribution < -0.4 is 5.32 Å². The molecule has 0 bridgehead atoms. The molecule has 1 aromatic rings. The summed E-state index contributed by atoms with van der Waals surface area (Å²) in [6.07, 6.45) is 6.51. The summed E-state index contributed by atoms with van der Waals surface area (Å²) in [4.78, 5) is 0. The molecule has 2 nitrogen and oxygen atoms in total. The number of hydrogen-bond acceptors (Lipinski definition) is 2. The van der Waals surface area contributed by atoms with E-state index < -0.39 is 0 Å². The minimum absolute atomic E-state index is 0.343. The van der Waals surface area contributed by atoms with E-state index in [-0.39, 0.29) is 0 Å². The first-order chi connectivity index (χ1) is 9.32. The summed E-state index contributed by atoms with van der Waals surface area (Å²) >= 11 is 0. The van der Waals surface area contributed by atoms with Gasteiger partial charge >= 0.3 is 0 Å². The molecule has 0 aromatic heterocycles. The molecule has 0 spiro atoms. The molecular formula is C17H25NO. The predicted octanol–water partition coefficient (Wildman–Crippen LogP) is 2.91. The van der Waals surface area contributed by atoms with Gasteiger partial charge in [-0.05, 0) is 62.2 Å².